The van der Waals surface area contributed by atoms with E-state index in [9.17, 15) is 29.8 Å². The van der Waals surface area contributed by atoms with Crippen LogP contribution < -0.4 is 11.1 Å². The van der Waals surface area contributed by atoms with Crippen molar-refractivity contribution in [3.05, 3.63) is 67.8 Å². The number of esters is 1. The van der Waals surface area contributed by atoms with Crippen LogP contribution in [0.2, 0.25) is 0 Å². The number of hydrogen-bond donors (Lipinski definition) is 2. The molecule has 11 nitrogen and oxygen atoms in total. The van der Waals surface area contributed by atoms with Gasteiger partial charge in [-0.1, -0.05) is 0 Å². The number of carbonyl (C=O) groups excluding carboxylic acids is 2. The number of benzene rings is 2. The van der Waals surface area contributed by atoms with E-state index in [-0.39, 0.29) is 32.4 Å². The van der Waals surface area contributed by atoms with Crippen LogP contribution in [-0.4, -0.2) is 28.8 Å². The van der Waals surface area contributed by atoms with E-state index in [1.807, 2.05) is 0 Å². The monoisotopic (exact) mass is 394 g/mol. The number of nitro groups is 2. The summed E-state index contributed by atoms with van der Waals surface area (Å²) in [4.78, 5) is 44.3. The molecule has 0 spiro atoms. The average molecular weight is 394 g/mol. The zero-order chi connectivity index (χ0) is 19.4. The number of anilines is 2. The Morgan fingerprint density at radius 1 is 1.00 bits per heavy atom. The zero-order valence-corrected chi connectivity index (χ0v) is 15.4. The van der Waals surface area contributed by atoms with E-state index in [0.29, 0.717) is 0 Å². The van der Waals surface area contributed by atoms with Gasteiger partial charge >= 0.3 is 5.97 Å². The number of nitrogens with two attached hydrogens (primary N) is 1. The normalized spacial score (nSPS) is 9.67. The highest BCUT2D eigenvalue weighted by Crippen LogP contribution is 2.28. The van der Waals surface area contributed by atoms with Crippen molar-refractivity contribution in [2.24, 2.45) is 0 Å². The molecule has 3 N–H and O–H groups in total. The van der Waals surface area contributed by atoms with E-state index < -0.39 is 33.1 Å². The van der Waals surface area contributed by atoms with Gasteiger partial charge in [-0.05, 0) is 24.3 Å². The highest BCUT2D eigenvalue weighted by Gasteiger charge is 2.21. The molecular weight excluding hydrogens is 379 g/mol. The Balaban J connectivity index is 0.00000364. The Morgan fingerprint density at radius 3 is 2.11 bits per heavy atom. The lowest BCUT2D eigenvalue weighted by Gasteiger charge is -2.08. The zero-order valence-electron chi connectivity index (χ0n) is 14.0. The van der Waals surface area contributed by atoms with Crippen LogP contribution in [0, 0.1) is 20.2 Å². The van der Waals surface area contributed by atoms with Crippen LogP contribution >= 0.6 is 9.90 Å². The minimum atomic E-state index is -0.818. The number of hydrogen-bond acceptors (Lipinski definition) is 8. The van der Waals surface area contributed by atoms with Gasteiger partial charge in [0.25, 0.3) is 17.3 Å². The third kappa shape index (κ3) is 4.73. The minimum Gasteiger partial charge on any atom is -0.465 e. The van der Waals surface area contributed by atoms with Crippen LogP contribution in [0.4, 0.5) is 22.7 Å². The fourth-order valence-corrected chi connectivity index (χ4v) is 2.07. The van der Waals surface area contributed by atoms with E-state index in [4.69, 9.17) is 5.73 Å². The van der Waals surface area contributed by atoms with E-state index in [0.717, 1.165) is 25.3 Å². The first-order valence-corrected chi connectivity index (χ1v) is 6.96. The molecule has 1 unspecified atom stereocenters. The summed E-state index contributed by atoms with van der Waals surface area (Å²) in [6.45, 7) is 0. The predicted molar refractivity (Wildman–Crippen MR) is 101 cm³/mol. The molecule has 0 saturated heterocycles. The van der Waals surface area contributed by atoms with Gasteiger partial charge in [0.05, 0.1) is 22.5 Å². The number of carbonyl (C=O) groups is 2. The molecule has 0 aliphatic heterocycles. The van der Waals surface area contributed by atoms with Crippen molar-refractivity contribution in [3.8, 4) is 0 Å². The molecule has 1 amide bonds. The lowest BCUT2D eigenvalue weighted by atomic mass is 10.1. The maximum Gasteiger partial charge on any atom is 0.338 e. The van der Waals surface area contributed by atoms with Gasteiger partial charge in [0, 0.05) is 17.7 Å². The van der Waals surface area contributed by atoms with Gasteiger partial charge in [-0.3, -0.25) is 25.0 Å². The predicted octanol–water partition coefficient (Wildman–Crippen LogP) is 2.18. The van der Waals surface area contributed by atoms with Crippen molar-refractivity contribution >= 4 is 44.5 Å². The van der Waals surface area contributed by atoms with Gasteiger partial charge in [-0.15, -0.1) is 0 Å². The summed E-state index contributed by atoms with van der Waals surface area (Å²) >= 11 is 0. The molecular formula is C15H15N4O7P. The number of ether oxygens (including phenoxy) is 1. The third-order valence-corrected chi connectivity index (χ3v) is 3.35. The maximum absolute atomic E-state index is 12.3. The number of nitrogens with one attached hydrogen (secondary N) is 1. The molecule has 0 aliphatic rings. The number of methoxy groups -OCH3 is 1. The topological polar surface area (TPSA) is 168 Å². The van der Waals surface area contributed by atoms with E-state index in [1.54, 1.807) is 0 Å². The summed E-state index contributed by atoms with van der Waals surface area (Å²) in [6, 6.07) is 6.73. The quantitative estimate of drug-likeness (QED) is 0.256. The van der Waals surface area contributed by atoms with E-state index in [1.165, 1.54) is 18.2 Å². The molecule has 0 saturated carbocycles. The SMILES string of the molecule is COC(=O)c1ccc(NC(=O)c2ccc(N)c([N+](=O)[O-])c2)c([N+](=O)[O-])c1.P. The number of nitrogen functional groups attached to an aromatic ring is 1. The molecule has 0 fully saturated rings. The Labute approximate surface area is 155 Å². The summed E-state index contributed by atoms with van der Waals surface area (Å²) in [5.74, 6) is -1.60. The van der Waals surface area contributed by atoms with Crippen LogP contribution in [0.3, 0.4) is 0 Å². The molecule has 0 aromatic heterocycles. The van der Waals surface area contributed by atoms with Crippen LogP contribution in [0.1, 0.15) is 20.7 Å². The Kier molecular flexibility index (Phi) is 6.89. The number of nitrogens with zero attached hydrogens (tertiary/aromatic N) is 2. The van der Waals surface area contributed by atoms with Gasteiger partial charge in [-0.25, -0.2) is 4.79 Å². The standard InChI is InChI=1S/C15H12N4O7.H3P/c1-26-15(21)9-3-5-11(13(7-9)19(24)25)17-14(20)8-2-4-10(16)12(6-8)18(22)23;/h2-7H,16H2,1H3,(H,17,20);1H3. The second-order valence-corrected chi connectivity index (χ2v) is 4.97. The minimum absolute atomic E-state index is 0. The molecule has 2 aromatic carbocycles. The summed E-state index contributed by atoms with van der Waals surface area (Å²) < 4.78 is 4.48. The van der Waals surface area contributed by atoms with Crippen molar-refractivity contribution in [3.63, 3.8) is 0 Å². The Bertz CT molecular complexity index is 932. The third-order valence-electron chi connectivity index (χ3n) is 3.35. The van der Waals surface area contributed by atoms with Gasteiger partial charge in [-0.2, -0.15) is 9.90 Å². The summed E-state index contributed by atoms with van der Waals surface area (Å²) in [7, 11) is 1.12. The molecule has 0 aliphatic carbocycles. The Hall–Kier alpha value is -3.59. The number of amides is 1. The first-order chi connectivity index (χ1) is 12.2. The molecule has 2 aromatic rings. The van der Waals surface area contributed by atoms with Crippen LogP contribution in [0.25, 0.3) is 0 Å². The highest BCUT2D eigenvalue weighted by molar-refractivity contribution is 6.92. The highest BCUT2D eigenvalue weighted by atomic mass is 31.0. The van der Waals surface area contributed by atoms with Crippen molar-refractivity contribution in [1.82, 2.24) is 0 Å². The molecule has 1 atom stereocenters. The lowest BCUT2D eigenvalue weighted by Crippen LogP contribution is -2.14. The first-order valence-electron chi connectivity index (χ1n) is 6.96. The van der Waals surface area contributed by atoms with Crippen molar-refractivity contribution in [2.75, 3.05) is 18.2 Å². The van der Waals surface area contributed by atoms with Crippen molar-refractivity contribution in [2.45, 2.75) is 0 Å². The average Bonchev–Trinajstić information content (AvgIpc) is 2.61. The van der Waals surface area contributed by atoms with Crippen LogP contribution in [-0.2, 0) is 4.74 Å². The van der Waals surface area contributed by atoms with Gasteiger partial charge < -0.3 is 15.8 Å². The van der Waals surface area contributed by atoms with Gasteiger partial charge in [0.1, 0.15) is 11.4 Å². The molecule has 0 bridgehead atoms. The molecule has 142 valence electrons. The van der Waals surface area contributed by atoms with Crippen molar-refractivity contribution in [1.29, 1.82) is 0 Å². The summed E-state index contributed by atoms with van der Waals surface area (Å²) in [5.41, 5.74) is 3.96. The largest absolute Gasteiger partial charge is 0.465 e. The first kappa shape index (κ1) is 21.5. The van der Waals surface area contributed by atoms with Gasteiger partial charge in [0.15, 0.2) is 0 Å². The molecule has 27 heavy (non-hydrogen) atoms. The Morgan fingerprint density at radius 2 is 1.56 bits per heavy atom. The smallest absolute Gasteiger partial charge is 0.338 e. The molecule has 2 rings (SSSR count). The van der Waals surface area contributed by atoms with Crippen LogP contribution in [0.15, 0.2) is 36.4 Å². The van der Waals surface area contributed by atoms with E-state index >= 15 is 0 Å². The molecule has 0 radical (unpaired) electrons. The van der Waals surface area contributed by atoms with E-state index in [2.05, 4.69) is 10.1 Å². The van der Waals surface area contributed by atoms with Gasteiger partial charge in [0.2, 0.25) is 0 Å². The second-order valence-electron chi connectivity index (χ2n) is 4.97. The summed E-state index contributed by atoms with van der Waals surface area (Å²) in [6.07, 6.45) is 0. The number of rotatable bonds is 5. The fraction of sp³-hybridized carbons (Fsp3) is 0.0667. The van der Waals surface area contributed by atoms with Crippen molar-refractivity contribution < 1.29 is 24.2 Å². The lowest BCUT2D eigenvalue weighted by molar-refractivity contribution is -0.384. The molecule has 0 heterocycles. The number of nitro benzene ring substituents is 2. The van der Waals surface area contributed by atoms with Crippen LogP contribution in [0.5, 0.6) is 0 Å². The second kappa shape index (κ2) is 8.68. The molecule has 12 heteroatoms. The summed E-state index contributed by atoms with van der Waals surface area (Å²) in [5, 5.41) is 24.4. The fourth-order valence-electron chi connectivity index (χ4n) is 2.07. The maximum atomic E-state index is 12.3.